The van der Waals surface area contributed by atoms with E-state index in [1.54, 1.807) is 24.3 Å². The molecule has 0 saturated heterocycles. The van der Waals surface area contributed by atoms with Crippen molar-refractivity contribution in [1.29, 1.82) is 10.5 Å². The van der Waals surface area contributed by atoms with Gasteiger partial charge in [0.2, 0.25) is 0 Å². The zero-order chi connectivity index (χ0) is 20.1. The van der Waals surface area contributed by atoms with E-state index in [0.29, 0.717) is 10.6 Å². The molecule has 3 rings (SSSR count). The lowest BCUT2D eigenvalue weighted by Crippen LogP contribution is -2.13. The van der Waals surface area contributed by atoms with Crippen molar-refractivity contribution in [2.45, 2.75) is 45.6 Å². The Morgan fingerprint density at radius 3 is 2.57 bits per heavy atom. The maximum atomic E-state index is 12.6. The van der Waals surface area contributed by atoms with Gasteiger partial charge in [0, 0.05) is 4.88 Å². The fraction of sp³-hybridized carbons (Fsp3) is 0.318. The molecule has 0 radical (unpaired) electrons. The van der Waals surface area contributed by atoms with Crippen LogP contribution in [0.15, 0.2) is 29.8 Å². The fourth-order valence-electron chi connectivity index (χ4n) is 3.17. The summed E-state index contributed by atoms with van der Waals surface area (Å²) in [5.74, 6) is 0.234. The molecule has 2 aromatic rings. The van der Waals surface area contributed by atoms with E-state index < -0.39 is 5.91 Å². The number of hydrogen-bond acceptors (Lipinski definition) is 5. The number of benzene rings is 1. The minimum absolute atomic E-state index is 0.00668. The summed E-state index contributed by atoms with van der Waals surface area (Å²) in [7, 11) is 0. The summed E-state index contributed by atoms with van der Waals surface area (Å²) in [6.45, 7) is 3.90. The van der Waals surface area contributed by atoms with Crippen LogP contribution in [-0.4, -0.2) is 12.0 Å². The summed E-state index contributed by atoms with van der Waals surface area (Å²) in [4.78, 5) is 13.8. The number of nitrogens with one attached hydrogen (secondary N) is 1. The molecule has 5 nitrogen and oxygen atoms in total. The molecule has 0 saturated carbocycles. The molecule has 1 aliphatic rings. The minimum atomic E-state index is -0.500. The molecule has 0 bridgehead atoms. The summed E-state index contributed by atoms with van der Waals surface area (Å²) in [5, 5.41) is 22.3. The average molecular weight is 391 g/mol. The van der Waals surface area contributed by atoms with Gasteiger partial charge in [-0.25, -0.2) is 0 Å². The van der Waals surface area contributed by atoms with Gasteiger partial charge in [0.1, 0.15) is 28.5 Å². The molecule has 0 atom stereocenters. The van der Waals surface area contributed by atoms with E-state index in [-0.39, 0.29) is 11.7 Å². The first kappa shape index (κ1) is 19.7. The van der Waals surface area contributed by atoms with Gasteiger partial charge in [0.25, 0.3) is 5.91 Å². The Kier molecular flexibility index (Phi) is 6.13. The van der Waals surface area contributed by atoms with Gasteiger partial charge in [-0.3, -0.25) is 4.79 Å². The van der Waals surface area contributed by atoms with Crippen molar-refractivity contribution < 1.29 is 9.53 Å². The third-order valence-corrected chi connectivity index (χ3v) is 5.65. The Morgan fingerprint density at radius 2 is 1.93 bits per heavy atom. The van der Waals surface area contributed by atoms with Gasteiger partial charge in [0.15, 0.2) is 0 Å². The summed E-state index contributed by atoms with van der Waals surface area (Å²) in [5.41, 5.74) is 2.32. The van der Waals surface area contributed by atoms with Crippen LogP contribution >= 0.6 is 11.3 Å². The normalized spacial score (nSPS) is 13.4. The van der Waals surface area contributed by atoms with Crippen LogP contribution < -0.4 is 10.1 Å². The van der Waals surface area contributed by atoms with Crippen molar-refractivity contribution >= 4 is 28.3 Å². The van der Waals surface area contributed by atoms with E-state index in [0.717, 1.165) is 42.6 Å². The molecule has 6 heteroatoms. The maximum absolute atomic E-state index is 12.6. The number of ether oxygens (including phenoxy) is 1. The lowest BCUT2D eigenvalue weighted by Gasteiger charge is -2.09. The fourth-order valence-corrected chi connectivity index (χ4v) is 4.41. The highest BCUT2D eigenvalue weighted by Gasteiger charge is 2.22. The van der Waals surface area contributed by atoms with Crippen molar-refractivity contribution in [3.8, 4) is 17.9 Å². The number of thiophene rings is 1. The largest absolute Gasteiger partial charge is 0.491 e. The number of aryl methyl sites for hydroxylation is 1. The summed E-state index contributed by atoms with van der Waals surface area (Å²) in [6, 6.07) is 11.4. The first-order chi connectivity index (χ1) is 13.5. The minimum Gasteiger partial charge on any atom is -0.491 e. The molecule has 1 N–H and O–H groups in total. The molecule has 28 heavy (non-hydrogen) atoms. The highest BCUT2D eigenvalue weighted by atomic mass is 32.1. The summed E-state index contributed by atoms with van der Waals surface area (Å²) in [6.07, 6.45) is 5.59. The molecule has 1 aromatic heterocycles. The third kappa shape index (κ3) is 4.42. The number of amides is 1. The number of anilines is 1. The average Bonchev–Trinajstić information content (AvgIpc) is 3.03. The second-order valence-electron chi connectivity index (χ2n) is 6.89. The molecular weight excluding hydrogens is 370 g/mol. The number of carbonyl (C=O) groups is 1. The first-order valence-corrected chi connectivity index (χ1v) is 10.1. The van der Waals surface area contributed by atoms with Crippen LogP contribution in [0, 0.1) is 22.7 Å². The van der Waals surface area contributed by atoms with E-state index in [4.69, 9.17) is 4.74 Å². The van der Waals surface area contributed by atoms with E-state index >= 15 is 0 Å². The molecular formula is C22H21N3O2S. The molecule has 0 aliphatic heterocycles. The van der Waals surface area contributed by atoms with Gasteiger partial charge >= 0.3 is 0 Å². The van der Waals surface area contributed by atoms with Gasteiger partial charge in [-0.15, -0.1) is 11.3 Å². The number of fused-ring (bicyclic) bond motifs is 1. The number of nitrogens with zero attached hydrogens (tertiary/aromatic N) is 2. The third-order valence-electron chi connectivity index (χ3n) is 4.44. The monoisotopic (exact) mass is 391 g/mol. The maximum Gasteiger partial charge on any atom is 0.266 e. The SMILES string of the molecule is CC(C)Oc1ccc(C=C(C#N)C(=O)Nc2sc3c(c2C#N)CCCC3)cc1. The predicted molar refractivity (Wildman–Crippen MR) is 110 cm³/mol. The van der Waals surface area contributed by atoms with Crippen LogP contribution in [0.4, 0.5) is 5.00 Å². The molecule has 1 heterocycles. The smallest absolute Gasteiger partial charge is 0.266 e. The molecule has 1 aromatic carbocycles. The van der Waals surface area contributed by atoms with Crippen molar-refractivity contribution in [2.24, 2.45) is 0 Å². The Bertz CT molecular complexity index is 989. The molecule has 0 unspecified atom stereocenters. The van der Waals surface area contributed by atoms with Crippen LogP contribution in [0.3, 0.4) is 0 Å². The van der Waals surface area contributed by atoms with Gasteiger partial charge in [-0.2, -0.15) is 10.5 Å². The van der Waals surface area contributed by atoms with Crippen LogP contribution in [0.5, 0.6) is 5.75 Å². The van der Waals surface area contributed by atoms with Crippen LogP contribution in [0.2, 0.25) is 0 Å². The molecule has 1 amide bonds. The number of hydrogen-bond donors (Lipinski definition) is 1. The Morgan fingerprint density at radius 1 is 1.21 bits per heavy atom. The number of rotatable bonds is 5. The molecule has 1 aliphatic carbocycles. The Balaban J connectivity index is 1.79. The summed E-state index contributed by atoms with van der Waals surface area (Å²) >= 11 is 1.45. The van der Waals surface area contributed by atoms with Gasteiger partial charge in [-0.1, -0.05) is 12.1 Å². The van der Waals surface area contributed by atoms with Gasteiger partial charge < -0.3 is 10.1 Å². The van der Waals surface area contributed by atoms with Crippen molar-refractivity contribution in [1.82, 2.24) is 0 Å². The summed E-state index contributed by atoms with van der Waals surface area (Å²) < 4.78 is 5.60. The van der Waals surface area contributed by atoms with E-state index in [1.807, 2.05) is 19.9 Å². The van der Waals surface area contributed by atoms with Crippen LogP contribution in [0.1, 0.15) is 48.3 Å². The second-order valence-corrected chi connectivity index (χ2v) is 7.99. The van der Waals surface area contributed by atoms with Gasteiger partial charge in [0.05, 0.1) is 11.7 Å². The van der Waals surface area contributed by atoms with Gasteiger partial charge in [-0.05, 0) is 68.9 Å². The Hall–Kier alpha value is -3.09. The quantitative estimate of drug-likeness (QED) is 0.584. The van der Waals surface area contributed by atoms with Crippen molar-refractivity contribution in [3.63, 3.8) is 0 Å². The number of carbonyl (C=O) groups excluding carboxylic acids is 1. The standard InChI is InChI=1S/C22H21N3O2S/c1-14(2)27-17-9-7-15(8-10-17)11-16(12-23)21(26)25-22-19(13-24)18-5-3-4-6-20(18)28-22/h7-11,14H,3-6H2,1-2H3,(H,25,26). The Labute approximate surface area is 168 Å². The van der Waals surface area contributed by atoms with E-state index in [1.165, 1.54) is 22.3 Å². The van der Waals surface area contributed by atoms with Crippen molar-refractivity contribution in [2.75, 3.05) is 5.32 Å². The molecule has 142 valence electrons. The second kappa shape index (κ2) is 8.73. The lowest BCUT2D eigenvalue weighted by atomic mass is 9.96. The predicted octanol–water partition coefficient (Wildman–Crippen LogP) is 4.83. The zero-order valence-electron chi connectivity index (χ0n) is 15.9. The lowest BCUT2D eigenvalue weighted by molar-refractivity contribution is -0.112. The molecule has 0 fully saturated rings. The van der Waals surface area contributed by atoms with Crippen LogP contribution in [0.25, 0.3) is 6.08 Å². The highest BCUT2D eigenvalue weighted by molar-refractivity contribution is 7.16. The highest BCUT2D eigenvalue weighted by Crippen LogP contribution is 2.37. The molecule has 0 spiro atoms. The van der Waals surface area contributed by atoms with Crippen LogP contribution in [-0.2, 0) is 17.6 Å². The number of nitriles is 2. The van der Waals surface area contributed by atoms with E-state index in [9.17, 15) is 15.3 Å². The topological polar surface area (TPSA) is 85.9 Å². The van der Waals surface area contributed by atoms with Crippen molar-refractivity contribution in [3.05, 3.63) is 51.4 Å². The zero-order valence-corrected chi connectivity index (χ0v) is 16.7. The van der Waals surface area contributed by atoms with E-state index in [2.05, 4.69) is 11.4 Å². The first-order valence-electron chi connectivity index (χ1n) is 9.26.